The van der Waals surface area contributed by atoms with E-state index in [-0.39, 0.29) is 11.9 Å². The second-order valence-electron chi connectivity index (χ2n) is 6.30. The van der Waals surface area contributed by atoms with E-state index >= 15 is 0 Å². The Balaban J connectivity index is 1.75. The fourth-order valence-corrected chi connectivity index (χ4v) is 3.23. The lowest BCUT2D eigenvalue weighted by Crippen LogP contribution is -2.39. The third kappa shape index (κ3) is 3.61. The van der Waals surface area contributed by atoms with Crippen molar-refractivity contribution in [2.75, 3.05) is 32.7 Å². The van der Waals surface area contributed by atoms with Crippen molar-refractivity contribution in [3.63, 3.8) is 0 Å². The van der Waals surface area contributed by atoms with Crippen molar-refractivity contribution < 1.29 is 14.3 Å². The van der Waals surface area contributed by atoms with E-state index in [9.17, 15) is 4.79 Å². The molecule has 1 amide bonds. The smallest absolute Gasteiger partial charge is 0.244 e. The molecule has 25 heavy (non-hydrogen) atoms. The molecule has 0 spiro atoms. The summed E-state index contributed by atoms with van der Waals surface area (Å²) in [5.41, 5.74) is 1.90. The first-order valence-electron chi connectivity index (χ1n) is 8.24. The van der Waals surface area contributed by atoms with Gasteiger partial charge in [0.25, 0.3) is 0 Å². The molecule has 0 unspecified atom stereocenters. The molecule has 7 heteroatoms. The van der Waals surface area contributed by atoms with Gasteiger partial charge in [-0.1, -0.05) is 0 Å². The van der Waals surface area contributed by atoms with Crippen molar-refractivity contribution in [1.82, 2.24) is 14.7 Å². The molecule has 1 aliphatic rings. The average Bonchev–Trinajstić information content (AvgIpc) is 3.19. The van der Waals surface area contributed by atoms with Crippen LogP contribution in [0, 0.1) is 0 Å². The first kappa shape index (κ1) is 17.3. The topological polar surface area (TPSA) is 59.8 Å². The van der Waals surface area contributed by atoms with Crippen LogP contribution in [0.4, 0.5) is 5.69 Å². The van der Waals surface area contributed by atoms with Crippen molar-refractivity contribution in [3.05, 3.63) is 36.2 Å². The van der Waals surface area contributed by atoms with Crippen molar-refractivity contribution in [1.29, 1.82) is 0 Å². The molecule has 3 rings (SSSR count). The van der Waals surface area contributed by atoms with Gasteiger partial charge in [0.2, 0.25) is 5.91 Å². The van der Waals surface area contributed by atoms with Gasteiger partial charge in [-0.05, 0) is 13.5 Å². The molecule has 2 heterocycles. The van der Waals surface area contributed by atoms with Gasteiger partial charge in [0.1, 0.15) is 11.5 Å². The molecular formula is C18H24N4O3. The summed E-state index contributed by atoms with van der Waals surface area (Å²) >= 11 is 0. The van der Waals surface area contributed by atoms with E-state index < -0.39 is 0 Å². The highest BCUT2D eigenvalue weighted by Crippen LogP contribution is 2.32. The third-order valence-corrected chi connectivity index (χ3v) is 4.55. The van der Waals surface area contributed by atoms with Gasteiger partial charge in [0, 0.05) is 50.1 Å². The molecule has 1 saturated heterocycles. The van der Waals surface area contributed by atoms with Crippen LogP contribution in [-0.2, 0) is 18.4 Å². The number of hydrogen-bond donors (Lipinski definition) is 0. The van der Waals surface area contributed by atoms with Gasteiger partial charge in [0.05, 0.1) is 32.1 Å². The highest BCUT2D eigenvalue weighted by Gasteiger charge is 2.35. The van der Waals surface area contributed by atoms with Crippen molar-refractivity contribution >= 4 is 11.6 Å². The van der Waals surface area contributed by atoms with Crippen molar-refractivity contribution in [2.45, 2.75) is 19.0 Å². The number of nitrogens with zero attached hydrogens (tertiary/aromatic N) is 4. The highest BCUT2D eigenvalue weighted by atomic mass is 16.5. The first-order chi connectivity index (χ1) is 12.0. The third-order valence-electron chi connectivity index (χ3n) is 4.55. The van der Waals surface area contributed by atoms with Crippen LogP contribution in [0.2, 0.25) is 0 Å². The van der Waals surface area contributed by atoms with Gasteiger partial charge in [-0.25, -0.2) is 0 Å². The Morgan fingerprint density at radius 3 is 2.48 bits per heavy atom. The molecule has 1 atom stereocenters. The lowest BCUT2D eigenvalue weighted by molar-refractivity contribution is -0.121. The van der Waals surface area contributed by atoms with Crippen LogP contribution in [0.5, 0.6) is 11.5 Å². The van der Waals surface area contributed by atoms with Crippen LogP contribution in [0.25, 0.3) is 0 Å². The molecule has 0 N–H and O–H groups in total. The molecule has 7 nitrogen and oxygen atoms in total. The van der Waals surface area contributed by atoms with Gasteiger partial charge in [-0.2, -0.15) is 5.10 Å². The van der Waals surface area contributed by atoms with Gasteiger partial charge in [0.15, 0.2) is 0 Å². The molecule has 2 aromatic rings. The summed E-state index contributed by atoms with van der Waals surface area (Å²) in [5.74, 6) is 1.45. The Morgan fingerprint density at radius 1 is 1.24 bits per heavy atom. The molecule has 0 aliphatic carbocycles. The molecule has 1 fully saturated rings. The van der Waals surface area contributed by atoms with Crippen LogP contribution >= 0.6 is 0 Å². The zero-order chi connectivity index (χ0) is 18.0. The fraction of sp³-hybridized carbons (Fsp3) is 0.444. The maximum absolute atomic E-state index is 12.9. The monoisotopic (exact) mass is 344 g/mol. The largest absolute Gasteiger partial charge is 0.497 e. The number of aryl methyl sites for hydroxylation is 1. The number of aromatic nitrogens is 2. The lowest BCUT2D eigenvalue weighted by atomic mass is 10.2. The van der Waals surface area contributed by atoms with Crippen molar-refractivity contribution in [2.24, 2.45) is 7.05 Å². The van der Waals surface area contributed by atoms with Crippen LogP contribution in [0.1, 0.15) is 12.0 Å². The van der Waals surface area contributed by atoms with E-state index in [2.05, 4.69) is 10.00 Å². The standard InChI is InChI=1S/C18H24N4O3/c1-20(11-13-10-19-21(2)12-13)17-5-6-22(18(17)23)14-7-15(24-3)9-16(8-14)25-4/h7-10,12,17H,5-6,11H2,1-4H3/t17-/m0/s1. The summed E-state index contributed by atoms with van der Waals surface area (Å²) in [6.07, 6.45) is 4.59. The van der Waals surface area contributed by atoms with Crippen LogP contribution in [0.15, 0.2) is 30.6 Å². The van der Waals surface area contributed by atoms with Crippen LogP contribution < -0.4 is 14.4 Å². The number of carbonyl (C=O) groups is 1. The molecular weight excluding hydrogens is 320 g/mol. The van der Waals surface area contributed by atoms with Gasteiger partial charge < -0.3 is 14.4 Å². The fourth-order valence-electron chi connectivity index (χ4n) is 3.23. The summed E-state index contributed by atoms with van der Waals surface area (Å²) < 4.78 is 12.4. The Labute approximate surface area is 147 Å². The van der Waals surface area contributed by atoms with E-state index in [0.717, 1.165) is 17.7 Å². The Kier molecular flexibility index (Phi) is 4.94. The Hall–Kier alpha value is -2.54. The van der Waals surface area contributed by atoms with E-state index in [4.69, 9.17) is 9.47 Å². The minimum Gasteiger partial charge on any atom is -0.497 e. The summed E-state index contributed by atoms with van der Waals surface area (Å²) in [4.78, 5) is 16.8. The first-order valence-corrected chi connectivity index (χ1v) is 8.24. The summed E-state index contributed by atoms with van der Waals surface area (Å²) in [6, 6.07) is 5.39. The maximum Gasteiger partial charge on any atom is 0.244 e. The zero-order valence-corrected chi connectivity index (χ0v) is 15.1. The molecule has 0 saturated carbocycles. The van der Waals surface area contributed by atoms with E-state index in [1.165, 1.54) is 0 Å². The van der Waals surface area contributed by atoms with Crippen LogP contribution in [0.3, 0.4) is 0 Å². The quantitative estimate of drug-likeness (QED) is 0.798. The van der Waals surface area contributed by atoms with E-state index in [0.29, 0.717) is 24.6 Å². The summed E-state index contributed by atoms with van der Waals surface area (Å²) in [6.45, 7) is 1.37. The molecule has 134 valence electrons. The molecule has 1 aliphatic heterocycles. The molecule has 1 aromatic carbocycles. The normalized spacial score (nSPS) is 17.4. The molecule has 0 bridgehead atoms. The number of ether oxygens (including phenoxy) is 2. The summed E-state index contributed by atoms with van der Waals surface area (Å²) in [5, 5.41) is 4.18. The zero-order valence-electron chi connectivity index (χ0n) is 15.1. The van der Waals surface area contributed by atoms with Gasteiger partial charge in [-0.15, -0.1) is 0 Å². The molecule has 1 aromatic heterocycles. The molecule has 0 radical (unpaired) electrons. The van der Waals surface area contributed by atoms with E-state index in [1.54, 1.807) is 29.9 Å². The van der Waals surface area contributed by atoms with Gasteiger partial charge >= 0.3 is 0 Å². The maximum atomic E-state index is 12.9. The SMILES string of the molecule is COc1cc(OC)cc(N2CC[C@H](N(C)Cc3cnn(C)c3)C2=O)c1. The average molecular weight is 344 g/mol. The number of hydrogen-bond acceptors (Lipinski definition) is 5. The lowest BCUT2D eigenvalue weighted by Gasteiger charge is -2.23. The highest BCUT2D eigenvalue weighted by molar-refractivity contribution is 5.99. The summed E-state index contributed by atoms with van der Waals surface area (Å²) in [7, 11) is 7.08. The van der Waals surface area contributed by atoms with Crippen molar-refractivity contribution in [3.8, 4) is 11.5 Å². The number of anilines is 1. The minimum absolute atomic E-state index is 0.0988. The Bertz CT molecular complexity index is 736. The number of rotatable bonds is 6. The van der Waals surface area contributed by atoms with E-state index in [1.807, 2.05) is 38.6 Å². The number of carbonyl (C=O) groups excluding carboxylic acids is 1. The number of methoxy groups -OCH3 is 2. The number of likely N-dealkylation sites (N-methyl/N-ethyl adjacent to an activating group) is 1. The number of amides is 1. The second kappa shape index (κ2) is 7.14. The predicted molar refractivity (Wildman–Crippen MR) is 95.0 cm³/mol. The van der Waals surface area contributed by atoms with Gasteiger partial charge in [-0.3, -0.25) is 14.4 Å². The van der Waals surface area contributed by atoms with Crippen LogP contribution in [-0.4, -0.2) is 54.4 Å². The second-order valence-corrected chi connectivity index (χ2v) is 6.30. The Morgan fingerprint density at radius 2 is 1.92 bits per heavy atom. The number of benzene rings is 1. The minimum atomic E-state index is -0.141. The predicted octanol–water partition coefficient (Wildman–Crippen LogP) is 1.67.